The average molecular weight is 286 g/mol. The zero-order chi connectivity index (χ0) is 14.0. The molecule has 0 aromatic heterocycles. The molecule has 1 saturated carbocycles. The third kappa shape index (κ3) is 3.67. The summed E-state index contributed by atoms with van der Waals surface area (Å²) in [5.41, 5.74) is 0.401. The average Bonchev–Trinajstić information content (AvgIpc) is 3.15. The van der Waals surface area contributed by atoms with Gasteiger partial charge < -0.3 is 10.4 Å². The molecule has 1 amide bonds. The Morgan fingerprint density at radius 3 is 2.68 bits per heavy atom. The van der Waals surface area contributed by atoms with Gasteiger partial charge in [-0.15, -0.1) is 0 Å². The van der Waals surface area contributed by atoms with Gasteiger partial charge in [0.15, 0.2) is 0 Å². The second-order valence-electron chi connectivity index (χ2n) is 4.61. The van der Waals surface area contributed by atoms with Crippen LogP contribution in [0.1, 0.15) is 30.9 Å². The van der Waals surface area contributed by atoms with Crippen LogP contribution in [0, 0.1) is 11.7 Å². The van der Waals surface area contributed by atoms with E-state index in [9.17, 15) is 14.0 Å². The predicted molar refractivity (Wildman–Crippen MR) is 67.3 cm³/mol. The fraction of sp³-hybridized carbons (Fsp3) is 0.385. The number of hydrogen-bond acceptors (Lipinski definition) is 2. The quantitative estimate of drug-likeness (QED) is 0.873. The van der Waals surface area contributed by atoms with E-state index in [4.69, 9.17) is 16.7 Å². The maximum Gasteiger partial charge on any atom is 0.305 e. The van der Waals surface area contributed by atoms with Gasteiger partial charge in [0.1, 0.15) is 5.82 Å². The molecular formula is C13H13ClFNO3. The summed E-state index contributed by atoms with van der Waals surface area (Å²) >= 11 is 5.58. The maximum absolute atomic E-state index is 13.4. The molecule has 2 N–H and O–H groups in total. The number of rotatable bonds is 5. The van der Waals surface area contributed by atoms with Crippen LogP contribution in [0.25, 0.3) is 0 Å². The zero-order valence-corrected chi connectivity index (χ0v) is 10.8. The molecule has 19 heavy (non-hydrogen) atoms. The van der Waals surface area contributed by atoms with Crippen LogP contribution in [0.15, 0.2) is 18.2 Å². The van der Waals surface area contributed by atoms with Gasteiger partial charge in [0.2, 0.25) is 5.91 Å². The zero-order valence-electron chi connectivity index (χ0n) is 10.0. The Labute approximate surface area is 114 Å². The van der Waals surface area contributed by atoms with E-state index in [0.29, 0.717) is 5.56 Å². The Balaban J connectivity index is 2.17. The molecule has 102 valence electrons. The van der Waals surface area contributed by atoms with Crippen LogP contribution in [0.3, 0.4) is 0 Å². The molecule has 6 heteroatoms. The van der Waals surface area contributed by atoms with Crippen molar-refractivity contribution in [2.45, 2.75) is 25.3 Å². The third-order valence-electron chi connectivity index (χ3n) is 2.99. The largest absolute Gasteiger partial charge is 0.481 e. The summed E-state index contributed by atoms with van der Waals surface area (Å²) < 4.78 is 13.4. The summed E-state index contributed by atoms with van der Waals surface area (Å²) in [6.45, 7) is 0. The Bertz CT molecular complexity index is 517. The van der Waals surface area contributed by atoms with Crippen LogP contribution in [0.2, 0.25) is 5.02 Å². The number of carbonyl (C=O) groups is 2. The first-order valence-corrected chi connectivity index (χ1v) is 6.32. The number of carbonyl (C=O) groups excluding carboxylic acids is 1. The van der Waals surface area contributed by atoms with Crippen molar-refractivity contribution in [3.8, 4) is 0 Å². The minimum absolute atomic E-state index is 0.0338. The summed E-state index contributed by atoms with van der Waals surface area (Å²) in [6.07, 6.45) is 1.35. The molecule has 0 radical (unpaired) electrons. The number of amides is 1. The van der Waals surface area contributed by atoms with E-state index in [-0.39, 0.29) is 23.3 Å². The van der Waals surface area contributed by atoms with Gasteiger partial charge in [-0.05, 0) is 30.5 Å². The normalized spacial score (nSPS) is 15.9. The number of benzene rings is 1. The van der Waals surface area contributed by atoms with Crippen LogP contribution in [-0.4, -0.2) is 17.0 Å². The van der Waals surface area contributed by atoms with Crippen molar-refractivity contribution in [1.82, 2.24) is 5.32 Å². The standard InChI is InChI=1S/C13H13ClFNO3/c14-9-4-3-8(5-10(9)15)11(6-12(17)18)16-13(19)7-1-2-7/h3-5,7,11H,1-2,6H2,(H,16,19)(H,17,18)/t11-/m0/s1. The second-order valence-corrected chi connectivity index (χ2v) is 5.01. The minimum Gasteiger partial charge on any atom is -0.481 e. The fourth-order valence-corrected chi connectivity index (χ4v) is 1.91. The monoisotopic (exact) mass is 285 g/mol. The smallest absolute Gasteiger partial charge is 0.305 e. The number of halogens is 2. The first kappa shape index (κ1) is 13.8. The van der Waals surface area contributed by atoms with Crippen molar-refractivity contribution in [2.24, 2.45) is 5.92 Å². The summed E-state index contributed by atoms with van der Waals surface area (Å²) in [7, 11) is 0. The summed E-state index contributed by atoms with van der Waals surface area (Å²) in [5.74, 6) is -1.90. The number of hydrogen-bond donors (Lipinski definition) is 2. The molecule has 1 aromatic rings. The number of nitrogens with one attached hydrogen (secondary N) is 1. The molecule has 1 atom stereocenters. The van der Waals surface area contributed by atoms with Gasteiger partial charge in [-0.3, -0.25) is 9.59 Å². The number of carboxylic acids is 1. The molecule has 0 bridgehead atoms. The maximum atomic E-state index is 13.4. The van der Waals surface area contributed by atoms with Gasteiger partial charge in [-0.2, -0.15) is 0 Å². The summed E-state index contributed by atoms with van der Waals surface area (Å²) in [4.78, 5) is 22.5. The lowest BCUT2D eigenvalue weighted by molar-refractivity contribution is -0.137. The first-order valence-electron chi connectivity index (χ1n) is 5.94. The van der Waals surface area contributed by atoms with Crippen molar-refractivity contribution in [2.75, 3.05) is 0 Å². The van der Waals surface area contributed by atoms with E-state index < -0.39 is 17.8 Å². The third-order valence-corrected chi connectivity index (χ3v) is 3.30. The molecule has 2 rings (SSSR count). The topological polar surface area (TPSA) is 66.4 Å². The van der Waals surface area contributed by atoms with Crippen LogP contribution in [0.5, 0.6) is 0 Å². The van der Waals surface area contributed by atoms with Gasteiger partial charge in [-0.25, -0.2) is 4.39 Å². The lowest BCUT2D eigenvalue weighted by Crippen LogP contribution is -2.31. The van der Waals surface area contributed by atoms with Gasteiger partial charge in [-0.1, -0.05) is 17.7 Å². The molecule has 1 aliphatic carbocycles. The Hall–Kier alpha value is -1.62. The highest BCUT2D eigenvalue weighted by Crippen LogP contribution is 2.30. The molecular weight excluding hydrogens is 273 g/mol. The highest BCUT2D eigenvalue weighted by Gasteiger charge is 2.31. The van der Waals surface area contributed by atoms with E-state index in [0.717, 1.165) is 18.9 Å². The van der Waals surface area contributed by atoms with Crippen molar-refractivity contribution in [1.29, 1.82) is 0 Å². The van der Waals surface area contributed by atoms with Crippen molar-refractivity contribution in [3.05, 3.63) is 34.6 Å². The lowest BCUT2D eigenvalue weighted by atomic mass is 10.0. The van der Waals surface area contributed by atoms with E-state index in [1.54, 1.807) is 0 Å². The van der Waals surface area contributed by atoms with Crippen LogP contribution in [0.4, 0.5) is 4.39 Å². The fourth-order valence-electron chi connectivity index (χ4n) is 1.79. The highest BCUT2D eigenvalue weighted by atomic mass is 35.5. The van der Waals surface area contributed by atoms with E-state index in [1.807, 2.05) is 0 Å². The Morgan fingerprint density at radius 2 is 2.16 bits per heavy atom. The molecule has 0 heterocycles. The molecule has 0 spiro atoms. The number of aliphatic carboxylic acids is 1. The molecule has 0 unspecified atom stereocenters. The van der Waals surface area contributed by atoms with Crippen LogP contribution < -0.4 is 5.32 Å². The van der Waals surface area contributed by atoms with Crippen LogP contribution >= 0.6 is 11.6 Å². The van der Waals surface area contributed by atoms with Gasteiger partial charge in [0.05, 0.1) is 17.5 Å². The van der Waals surface area contributed by atoms with E-state index in [2.05, 4.69) is 5.32 Å². The van der Waals surface area contributed by atoms with Crippen molar-refractivity contribution < 1.29 is 19.1 Å². The molecule has 1 aliphatic rings. The summed E-state index contributed by atoms with van der Waals surface area (Å²) in [5, 5.41) is 11.5. The van der Waals surface area contributed by atoms with Crippen molar-refractivity contribution in [3.63, 3.8) is 0 Å². The van der Waals surface area contributed by atoms with Gasteiger partial charge in [0.25, 0.3) is 0 Å². The molecule has 0 saturated heterocycles. The highest BCUT2D eigenvalue weighted by molar-refractivity contribution is 6.30. The lowest BCUT2D eigenvalue weighted by Gasteiger charge is -2.17. The summed E-state index contributed by atoms with van der Waals surface area (Å²) in [6, 6.07) is 3.29. The molecule has 0 aliphatic heterocycles. The predicted octanol–water partition coefficient (Wildman–Crippen LogP) is 2.52. The number of carboxylic acid groups (broad SMARTS) is 1. The minimum atomic E-state index is -1.06. The Morgan fingerprint density at radius 1 is 1.47 bits per heavy atom. The first-order chi connectivity index (χ1) is 8.97. The van der Waals surface area contributed by atoms with Gasteiger partial charge >= 0.3 is 5.97 Å². The van der Waals surface area contributed by atoms with E-state index in [1.165, 1.54) is 12.1 Å². The van der Waals surface area contributed by atoms with Crippen LogP contribution in [-0.2, 0) is 9.59 Å². The molecule has 4 nitrogen and oxygen atoms in total. The van der Waals surface area contributed by atoms with Crippen molar-refractivity contribution >= 4 is 23.5 Å². The molecule has 1 aromatic carbocycles. The van der Waals surface area contributed by atoms with E-state index >= 15 is 0 Å². The second kappa shape index (κ2) is 5.57. The van der Waals surface area contributed by atoms with Gasteiger partial charge in [0, 0.05) is 5.92 Å². The SMILES string of the molecule is O=C(O)C[C@H](NC(=O)C1CC1)c1ccc(Cl)c(F)c1. The Kier molecular flexibility index (Phi) is 4.04. The molecule has 1 fully saturated rings.